The van der Waals surface area contributed by atoms with Gasteiger partial charge in [-0.2, -0.15) is 13.5 Å². The van der Waals surface area contributed by atoms with Gasteiger partial charge in [-0.25, -0.2) is 4.79 Å². The lowest BCUT2D eigenvalue weighted by atomic mass is 10.0. The summed E-state index contributed by atoms with van der Waals surface area (Å²) in [4.78, 5) is 37.5. The first kappa shape index (κ1) is 17.8. The van der Waals surface area contributed by atoms with Crippen molar-refractivity contribution in [3.63, 3.8) is 0 Å². The summed E-state index contributed by atoms with van der Waals surface area (Å²) in [6, 6.07) is -2.63. The minimum Gasteiger partial charge on any atom is -0.309 e. The summed E-state index contributed by atoms with van der Waals surface area (Å²) in [7, 11) is -4.83. The van der Waals surface area contributed by atoms with Crippen molar-refractivity contribution in [2.45, 2.75) is 43.8 Å². The highest BCUT2D eigenvalue weighted by Crippen LogP contribution is 2.30. The molecule has 2 bridgehead atoms. The van der Waals surface area contributed by atoms with Crippen LogP contribution in [0.15, 0.2) is 0 Å². The normalized spacial score (nSPS) is 29.0. The fraction of sp³-hybridized carbons (Fsp3) is 0.750. The molecule has 3 aliphatic heterocycles. The first-order valence-corrected chi connectivity index (χ1v) is 9.23. The zero-order valence-electron chi connectivity index (χ0n) is 13.2. The van der Waals surface area contributed by atoms with Crippen LogP contribution in [-0.2, 0) is 24.3 Å². The second-order valence-electron chi connectivity index (χ2n) is 6.14. The molecule has 3 saturated heterocycles. The summed E-state index contributed by atoms with van der Waals surface area (Å²) < 4.78 is 34.7. The van der Waals surface area contributed by atoms with Gasteiger partial charge in [-0.3, -0.25) is 25.0 Å². The van der Waals surface area contributed by atoms with Crippen LogP contribution in [0, 0.1) is 0 Å². The van der Waals surface area contributed by atoms with Crippen LogP contribution in [-0.4, -0.2) is 72.0 Å². The van der Waals surface area contributed by atoms with E-state index in [1.165, 1.54) is 0 Å². The number of fused-ring (bicyclic) bond motifs is 2. The average molecular weight is 377 g/mol. The Morgan fingerprint density at radius 1 is 1.20 bits per heavy atom. The van der Waals surface area contributed by atoms with Gasteiger partial charge in [0.25, 0.3) is 11.8 Å². The van der Waals surface area contributed by atoms with Crippen LogP contribution in [0.3, 0.4) is 0 Å². The second kappa shape index (κ2) is 6.74. The summed E-state index contributed by atoms with van der Waals surface area (Å²) in [5.74, 6) is -0.935. The molecule has 1 unspecified atom stereocenters. The van der Waals surface area contributed by atoms with Crippen molar-refractivity contribution in [2.24, 2.45) is 0 Å². The highest BCUT2D eigenvalue weighted by Gasteiger charge is 2.49. The van der Waals surface area contributed by atoms with Gasteiger partial charge in [-0.1, -0.05) is 0 Å². The number of nitrogens with zero attached hydrogens (tertiary/aromatic N) is 2. The molecule has 12 nitrogen and oxygen atoms in total. The Morgan fingerprint density at radius 2 is 1.92 bits per heavy atom. The third-order valence-electron chi connectivity index (χ3n) is 4.49. The number of amides is 4. The predicted molar refractivity (Wildman–Crippen MR) is 80.7 cm³/mol. The van der Waals surface area contributed by atoms with Gasteiger partial charge in [0.05, 0.1) is 12.1 Å². The summed E-state index contributed by atoms with van der Waals surface area (Å²) in [5, 5.41) is 3.55. The average Bonchev–Trinajstić information content (AvgIpc) is 3.16. The fourth-order valence-electron chi connectivity index (χ4n) is 3.31. The molecule has 25 heavy (non-hydrogen) atoms. The Balaban J connectivity index is 1.57. The Labute approximate surface area is 143 Å². The van der Waals surface area contributed by atoms with E-state index < -0.39 is 34.4 Å². The summed E-state index contributed by atoms with van der Waals surface area (Å²) in [6.45, 7) is 0.826. The van der Waals surface area contributed by atoms with E-state index in [0.717, 1.165) is 17.9 Å². The molecule has 0 radical (unpaired) electrons. The van der Waals surface area contributed by atoms with Crippen molar-refractivity contribution in [2.75, 3.05) is 13.1 Å². The molecular weight excluding hydrogens is 358 g/mol. The largest absolute Gasteiger partial charge is 0.418 e. The molecule has 3 fully saturated rings. The van der Waals surface area contributed by atoms with Crippen molar-refractivity contribution < 1.29 is 31.6 Å². The molecule has 0 aromatic heterocycles. The van der Waals surface area contributed by atoms with Crippen molar-refractivity contribution in [3.05, 3.63) is 0 Å². The van der Waals surface area contributed by atoms with Crippen molar-refractivity contribution in [1.29, 1.82) is 0 Å². The highest BCUT2D eigenvalue weighted by atomic mass is 32.3. The van der Waals surface area contributed by atoms with Gasteiger partial charge in [-0.15, -0.1) is 4.28 Å². The van der Waals surface area contributed by atoms with Crippen LogP contribution in [0.4, 0.5) is 4.79 Å². The van der Waals surface area contributed by atoms with Gasteiger partial charge in [0.2, 0.25) is 0 Å². The van der Waals surface area contributed by atoms with E-state index >= 15 is 0 Å². The van der Waals surface area contributed by atoms with Crippen LogP contribution in [0.5, 0.6) is 0 Å². The topological polar surface area (TPSA) is 157 Å². The van der Waals surface area contributed by atoms with Gasteiger partial charge in [0.1, 0.15) is 6.04 Å². The monoisotopic (exact) mass is 377 g/mol. The van der Waals surface area contributed by atoms with E-state index in [0.29, 0.717) is 17.9 Å². The number of hydrogen-bond donors (Lipinski definition) is 4. The number of urea groups is 1. The Morgan fingerprint density at radius 3 is 2.56 bits per heavy atom. The van der Waals surface area contributed by atoms with Crippen LogP contribution in [0.25, 0.3) is 0 Å². The van der Waals surface area contributed by atoms with Gasteiger partial charge in [-0.05, 0) is 32.2 Å². The molecule has 0 aromatic carbocycles. The van der Waals surface area contributed by atoms with Gasteiger partial charge in [0.15, 0.2) is 0 Å². The highest BCUT2D eigenvalue weighted by molar-refractivity contribution is 7.80. The lowest BCUT2D eigenvalue weighted by Gasteiger charge is -2.29. The number of hydroxylamine groups is 2. The third-order valence-corrected chi connectivity index (χ3v) is 4.83. The van der Waals surface area contributed by atoms with Crippen LogP contribution in [0.2, 0.25) is 0 Å². The molecule has 4 N–H and O–H groups in total. The second-order valence-corrected chi connectivity index (χ2v) is 7.14. The van der Waals surface area contributed by atoms with Crippen LogP contribution >= 0.6 is 0 Å². The fourth-order valence-corrected chi connectivity index (χ4v) is 3.69. The number of carbonyl (C=O) groups excluding carboxylic acids is 3. The Hall–Kier alpha value is -1.96. The van der Waals surface area contributed by atoms with Gasteiger partial charge >= 0.3 is 16.4 Å². The van der Waals surface area contributed by atoms with Gasteiger partial charge in [0, 0.05) is 6.54 Å². The molecule has 3 atom stereocenters. The number of piperidine rings is 1. The standard InChI is InChI=1S/C12H19N5O7S/c18-10(8-2-1-5-13-8)14-15-11(19)9-4-3-7-6-16(9)12(20)17(7)24-25(21,22)23/h7-9,13H,1-6H2,(H,14,18)(H,15,19)(H,21,22,23)/t7?,8-,9-/m0/s1. The maximum atomic E-state index is 12.3. The van der Waals surface area contributed by atoms with E-state index in [-0.39, 0.29) is 24.9 Å². The number of hydrogen-bond acceptors (Lipinski definition) is 7. The zero-order valence-corrected chi connectivity index (χ0v) is 14.0. The third kappa shape index (κ3) is 3.84. The van der Waals surface area contributed by atoms with E-state index in [4.69, 9.17) is 4.55 Å². The van der Waals surface area contributed by atoms with Crippen molar-refractivity contribution in [1.82, 2.24) is 26.1 Å². The zero-order chi connectivity index (χ0) is 18.2. The molecule has 3 aliphatic rings. The van der Waals surface area contributed by atoms with Crippen LogP contribution in [0.1, 0.15) is 25.7 Å². The molecule has 3 heterocycles. The van der Waals surface area contributed by atoms with Crippen molar-refractivity contribution in [3.8, 4) is 0 Å². The molecule has 140 valence electrons. The molecule has 0 aromatic rings. The first-order valence-electron chi connectivity index (χ1n) is 7.86. The van der Waals surface area contributed by atoms with E-state index in [1.54, 1.807) is 0 Å². The van der Waals surface area contributed by atoms with Crippen molar-refractivity contribution >= 4 is 28.2 Å². The number of carbonyl (C=O) groups is 3. The van der Waals surface area contributed by atoms with E-state index in [2.05, 4.69) is 20.5 Å². The van der Waals surface area contributed by atoms with E-state index in [9.17, 15) is 22.8 Å². The maximum absolute atomic E-state index is 12.3. The predicted octanol–water partition coefficient (Wildman–Crippen LogP) is -2.11. The number of rotatable bonds is 4. The molecular formula is C12H19N5O7S. The molecule has 0 saturated carbocycles. The summed E-state index contributed by atoms with van der Waals surface area (Å²) in [5.41, 5.74) is 4.62. The Kier molecular flexibility index (Phi) is 4.81. The van der Waals surface area contributed by atoms with E-state index in [1.807, 2.05) is 0 Å². The molecule has 13 heteroatoms. The summed E-state index contributed by atoms with van der Waals surface area (Å²) >= 11 is 0. The molecule has 0 aliphatic carbocycles. The Bertz CT molecular complexity index is 677. The lowest BCUT2D eigenvalue weighted by molar-refractivity contribution is -0.132. The minimum absolute atomic E-state index is 0.0879. The van der Waals surface area contributed by atoms with Gasteiger partial charge < -0.3 is 10.2 Å². The smallest absolute Gasteiger partial charge is 0.309 e. The van der Waals surface area contributed by atoms with Crippen LogP contribution < -0.4 is 16.2 Å². The molecule has 4 amide bonds. The SMILES string of the molecule is O=C(NNC(=O)[C@@H]1CCC2CN1C(=O)N2OS(=O)(=O)O)[C@@H]1CCCN1. The number of nitrogens with one attached hydrogen (secondary N) is 3. The lowest BCUT2D eigenvalue weighted by Crippen LogP contribution is -2.56. The number of hydrazine groups is 1. The quantitative estimate of drug-likeness (QED) is 0.320. The minimum atomic E-state index is -4.83. The molecule has 0 spiro atoms. The molecule has 3 rings (SSSR count). The first-order chi connectivity index (χ1) is 11.8. The maximum Gasteiger partial charge on any atom is 0.418 e. The summed E-state index contributed by atoms with van der Waals surface area (Å²) in [6.07, 6.45) is 2.14.